The number of piperidine rings is 1. The fraction of sp³-hybridized carbons (Fsp3) is 0.500. The van der Waals surface area contributed by atoms with E-state index in [1.807, 2.05) is 31.2 Å². The van der Waals surface area contributed by atoms with Crippen molar-refractivity contribution < 1.29 is 4.79 Å². The van der Waals surface area contributed by atoms with Crippen LogP contribution in [-0.2, 0) is 0 Å². The number of aryl methyl sites for hydroxylation is 1. The lowest BCUT2D eigenvalue weighted by Crippen LogP contribution is -2.38. The van der Waals surface area contributed by atoms with Crippen LogP contribution in [-0.4, -0.2) is 25.5 Å². The molecule has 1 aliphatic rings. The molecule has 1 heterocycles. The maximum Gasteiger partial charge on any atom is 0.251 e. The van der Waals surface area contributed by atoms with Crippen LogP contribution < -0.4 is 10.6 Å². The summed E-state index contributed by atoms with van der Waals surface area (Å²) in [5.41, 5.74) is 1.88. The molecule has 0 spiro atoms. The van der Waals surface area contributed by atoms with Gasteiger partial charge in [0.1, 0.15) is 0 Å². The van der Waals surface area contributed by atoms with Crippen LogP contribution in [0.25, 0.3) is 0 Å². The van der Waals surface area contributed by atoms with Crippen LogP contribution in [0.5, 0.6) is 0 Å². The van der Waals surface area contributed by atoms with Crippen LogP contribution in [0, 0.1) is 12.8 Å². The van der Waals surface area contributed by atoms with E-state index in [2.05, 4.69) is 10.6 Å². The highest BCUT2D eigenvalue weighted by atomic mass is 16.1. The summed E-state index contributed by atoms with van der Waals surface area (Å²) in [7, 11) is 0. The molecule has 92 valence electrons. The molecule has 3 heteroatoms. The van der Waals surface area contributed by atoms with Gasteiger partial charge >= 0.3 is 0 Å². The second kappa shape index (κ2) is 5.82. The molecule has 0 unspecified atom stereocenters. The molecule has 0 aromatic heterocycles. The monoisotopic (exact) mass is 232 g/mol. The SMILES string of the molecule is Cc1cccc(C(=O)NC[C@@H]2CCCNC2)c1. The lowest BCUT2D eigenvalue weighted by Gasteiger charge is -2.22. The molecule has 0 aliphatic carbocycles. The zero-order valence-electron chi connectivity index (χ0n) is 10.3. The molecule has 0 saturated carbocycles. The molecule has 1 atom stereocenters. The molecule has 1 aromatic rings. The van der Waals surface area contributed by atoms with Crippen molar-refractivity contribution in [3.8, 4) is 0 Å². The molecule has 1 amide bonds. The molecule has 1 aromatic carbocycles. The standard InChI is InChI=1S/C14H20N2O/c1-11-4-2-6-13(8-11)14(17)16-10-12-5-3-7-15-9-12/h2,4,6,8,12,15H,3,5,7,9-10H2,1H3,(H,16,17)/t12-/m1/s1. The first-order valence-corrected chi connectivity index (χ1v) is 6.31. The van der Waals surface area contributed by atoms with E-state index in [9.17, 15) is 4.79 Å². The summed E-state index contributed by atoms with van der Waals surface area (Å²) in [5, 5.41) is 6.37. The second-order valence-corrected chi connectivity index (χ2v) is 4.79. The Morgan fingerprint density at radius 2 is 2.41 bits per heavy atom. The van der Waals surface area contributed by atoms with E-state index in [1.165, 1.54) is 12.8 Å². The average Bonchev–Trinajstić information content (AvgIpc) is 2.37. The van der Waals surface area contributed by atoms with Crippen molar-refractivity contribution in [3.63, 3.8) is 0 Å². The normalized spacial score (nSPS) is 19.9. The van der Waals surface area contributed by atoms with Gasteiger partial charge in [-0.25, -0.2) is 0 Å². The topological polar surface area (TPSA) is 41.1 Å². The Balaban J connectivity index is 1.84. The summed E-state index contributed by atoms with van der Waals surface area (Å²) >= 11 is 0. The van der Waals surface area contributed by atoms with E-state index >= 15 is 0 Å². The third-order valence-electron chi connectivity index (χ3n) is 3.23. The number of carbonyl (C=O) groups is 1. The molecule has 0 radical (unpaired) electrons. The Labute approximate surface area is 103 Å². The number of hydrogen-bond donors (Lipinski definition) is 2. The number of rotatable bonds is 3. The number of benzene rings is 1. The first-order chi connectivity index (χ1) is 8.25. The van der Waals surface area contributed by atoms with Gasteiger partial charge in [-0.1, -0.05) is 17.7 Å². The Morgan fingerprint density at radius 3 is 3.12 bits per heavy atom. The molecular weight excluding hydrogens is 212 g/mol. The highest BCUT2D eigenvalue weighted by Gasteiger charge is 2.14. The molecule has 1 aliphatic heterocycles. The summed E-state index contributed by atoms with van der Waals surface area (Å²) in [6, 6.07) is 7.71. The van der Waals surface area contributed by atoms with Crippen molar-refractivity contribution in [1.82, 2.24) is 10.6 Å². The van der Waals surface area contributed by atoms with Crippen LogP contribution >= 0.6 is 0 Å². The number of nitrogens with one attached hydrogen (secondary N) is 2. The third-order valence-corrected chi connectivity index (χ3v) is 3.23. The van der Waals surface area contributed by atoms with Crippen molar-refractivity contribution >= 4 is 5.91 Å². The van der Waals surface area contributed by atoms with Crippen molar-refractivity contribution in [1.29, 1.82) is 0 Å². The van der Waals surface area contributed by atoms with Gasteiger partial charge in [-0.2, -0.15) is 0 Å². The lowest BCUT2D eigenvalue weighted by molar-refractivity contribution is 0.0944. The van der Waals surface area contributed by atoms with E-state index in [4.69, 9.17) is 0 Å². The molecule has 3 nitrogen and oxygen atoms in total. The molecular formula is C14H20N2O. The predicted molar refractivity (Wildman–Crippen MR) is 69.1 cm³/mol. The van der Waals surface area contributed by atoms with Crippen LogP contribution in [0.4, 0.5) is 0 Å². The van der Waals surface area contributed by atoms with E-state index in [1.54, 1.807) is 0 Å². The maximum atomic E-state index is 11.9. The van der Waals surface area contributed by atoms with Gasteiger partial charge in [0.25, 0.3) is 5.91 Å². The minimum absolute atomic E-state index is 0.0410. The summed E-state index contributed by atoms with van der Waals surface area (Å²) < 4.78 is 0. The van der Waals surface area contributed by atoms with Crippen molar-refractivity contribution in [2.45, 2.75) is 19.8 Å². The Hall–Kier alpha value is -1.35. The van der Waals surface area contributed by atoms with E-state index < -0.39 is 0 Å². The molecule has 1 saturated heterocycles. The number of hydrogen-bond acceptors (Lipinski definition) is 2. The van der Waals surface area contributed by atoms with Gasteiger partial charge < -0.3 is 10.6 Å². The van der Waals surface area contributed by atoms with Crippen LogP contribution in [0.2, 0.25) is 0 Å². The summed E-state index contributed by atoms with van der Waals surface area (Å²) in [4.78, 5) is 11.9. The Bertz CT molecular complexity index is 384. The largest absolute Gasteiger partial charge is 0.352 e. The number of carbonyl (C=O) groups excluding carboxylic acids is 1. The van der Waals surface area contributed by atoms with Gasteiger partial charge in [-0.15, -0.1) is 0 Å². The summed E-state index contributed by atoms with van der Waals surface area (Å²) in [6.45, 7) is 4.91. The van der Waals surface area contributed by atoms with E-state index in [0.29, 0.717) is 5.92 Å². The smallest absolute Gasteiger partial charge is 0.251 e. The molecule has 0 bridgehead atoms. The predicted octanol–water partition coefficient (Wildman–Crippen LogP) is 1.72. The highest BCUT2D eigenvalue weighted by Crippen LogP contribution is 2.09. The average molecular weight is 232 g/mol. The number of amides is 1. The van der Waals surface area contributed by atoms with Gasteiger partial charge in [0.15, 0.2) is 0 Å². The minimum atomic E-state index is 0.0410. The second-order valence-electron chi connectivity index (χ2n) is 4.79. The van der Waals surface area contributed by atoms with Crippen molar-refractivity contribution in [3.05, 3.63) is 35.4 Å². The zero-order chi connectivity index (χ0) is 12.1. The van der Waals surface area contributed by atoms with Gasteiger partial charge in [0.05, 0.1) is 0 Å². The van der Waals surface area contributed by atoms with E-state index in [0.717, 1.165) is 30.8 Å². The van der Waals surface area contributed by atoms with Gasteiger partial charge in [0, 0.05) is 12.1 Å². The molecule has 17 heavy (non-hydrogen) atoms. The summed E-state index contributed by atoms with van der Waals surface area (Å²) in [5.74, 6) is 0.622. The van der Waals surface area contributed by atoms with Gasteiger partial charge in [-0.3, -0.25) is 4.79 Å². The lowest BCUT2D eigenvalue weighted by atomic mass is 9.99. The zero-order valence-corrected chi connectivity index (χ0v) is 10.3. The Kier molecular flexibility index (Phi) is 4.15. The molecule has 2 N–H and O–H groups in total. The fourth-order valence-electron chi connectivity index (χ4n) is 2.22. The Morgan fingerprint density at radius 1 is 1.53 bits per heavy atom. The fourth-order valence-corrected chi connectivity index (χ4v) is 2.22. The van der Waals surface area contributed by atoms with Crippen LogP contribution in [0.1, 0.15) is 28.8 Å². The van der Waals surface area contributed by atoms with Crippen LogP contribution in [0.15, 0.2) is 24.3 Å². The van der Waals surface area contributed by atoms with Crippen molar-refractivity contribution in [2.75, 3.05) is 19.6 Å². The third kappa shape index (κ3) is 3.56. The minimum Gasteiger partial charge on any atom is -0.352 e. The van der Waals surface area contributed by atoms with Crippen molar-refractivity contribution in [2.24, 2.45) is 5.92 Å². The van der Waals surface area contributed by atoms with Gasteiger partial charge in [-0.05, 0) is 50.9 Å². The first kappa shape index (κ1) is 12.1. The quantitative estimate of drug-likeness (QED) is 0.833. The van der Waals surface area contributed by atoms with Gasteiger partial charge in [0.2, 0.25) is 0 Å². The van der Waals surface area contributed by atoms with E-state index in [-0.39, 0.29) is 5.91 Å². The summed E-state index contributed by atoms with van der Waals surface area (Å²) in [6.07, 6.45) is 2.42. The molecule has 2 rings (SSSR count). The maximum absolute atomic E-state index is 11.9. The highest BCUT2D eigenvalue weighted by molar-refractivity contribution is 5.94. The molecule has 1 fully saturated rings. The first-order valence-electron chi connectivity index (χ1n) is 6.31. The van der Waals surface area contributed by atoms with Crippen LogP contribution in [0.3, 0.4) is 0 Å².